The van der Waals surface area contributed by atoms with E-state index in [9.17, 15) is 4.79 Å². The van der Waals surface area contributed by atoms with Gasteiger partial charge in [0.1, 0.15) is 5.54 Å². The van der Waals surface area contributed by atoms with Gasteiger partial charge in [0, 0.05) is 18.6 Å². The van der Waals surface area contributed by atoms with Gasteiger partial charge in [0.2, 0.25) is 0 Å². The molecular formula is C17H32N2O2. The van der Waals surface area contributed by atoms with E-state index in [0.717, 1.165) is 25.3 Å². The topological polar surface area (TPSA) is 41.6 Å². The molecule has 4 nitrogen and oxygen atoms in total. The summed E-state index contributed by atoms with van der Waals surface area (Å²) in [5.74, 6) is 1.18. The lowest BCUT2D eigenvalue weighted by Gasteiger charge is -2.39. The van der Waals surface area contributed by atoms with Crippen molar-refractivity contribution in [2.45, 2.75) is 71.0 Å². The summed E-state index contributed by atoms with van der Waals surface area (Å²) in [5.41, 5.74) is -0.526. The monoisotopic (exact) mass is 296 g/mol. The van der Waals surface area contributed by atoms with Crippen LogP contribution >= 0.6 is 0 Å². The molecular weight excluding hydrogens is 264 g/mol. The van der Waals surface area contributed by atoms with Crippen LogP contribution in [0, 0.1) is 11.8 Å². The molecule has 0 bridgehead atoms. The molecule has 2 atom stereocenters. The molecule has 2 unspecified atom stereocenters. The fraction of sp³-hybridized carbons (Fsp3) is 0.941. The number of carbonyl (C=O) groups excluding carboxylic acids is 1. The maximum absolute atomic E-state index is 12.7. The lowest BCUT2D eigenvalue weighted by atomic mass is 9.90. The van der Waals surface area contributed by atoms with Crippen molar-refractivity contribution in [2.24, 2.45) is 11.8 Å². The highest BCUT2D eigenvalue weighted by molar-refractivity contribution is 5.82. The Hall–Kier alpha value is -0.610. The molecule has 2 aliphatic rings. The van der Waals surface area contributed by atoms with Crippen molar-refractivity contribution in [3.05, 3.63) is 0 Å². The lowest BCUT2D eigenvalue weighted by molar-refractivity contribution is -0.154. The molecule has 0 aromatic carbocycles. The first-order valence-electron chi connectivity index (χ1n) is 8.55. The van der Waals surface area contributed by atoms with Gasteiger partial charge in [-0.05, 0) is 72.3 Å². The van der Waals surface area contributed by atoms with E-state index in [1.54, 1.807) is 0 Å². The van der Waals surface area contributed by atoms with Gasteiger partial charge in [0.25, 0.3) is 0 Å². The highest BCUT2D eigenvalue weighted by atomic mass is 16.5. The van der Waals surface area contributed by atoms with Crippen LogP contribution < -0.4 is 5.32 Å². The van der Waals surface area contributed by atoms with Crippen LogP contribution in [0.4, 0.5) is 0 Å². The predicted molar refractivity (Wildman–Crippen MR) is 85.2 cm³/mol. The number of ether oxygens (including phenoxy) is 1. The molecule has 2 fully saturated rings. The molecule has 0 amide bonds. The van der Waals surface area contributed by atoms with Crippen molar-refractivity contribution in [1.29, 1.82) is 0 Å². The quantitative estimate of drug-likeness (QED) is 0.664. The molecule has 2 aliphatic carbocycles. The SMILES string of the molecule is CCOC(=O)C(CN(C)C(C)C1CC1)(NC(C)C)C1CC1. The van der Waals surface area contributed by atoms with Crippen molar-refractivity contribution in [1.82, 2.24) is 10.2 Å². The largest absolute Gasteiger partial charge is 0.465 e. The van der Waals surface area contributed by atoms with Crippen LogP contribution in [-0.2, 0) is 9.53 Å². The molecule has 2 rings (SSSR count). The molecule has 4 heteroatoms. The normalized spacial score (nSPS) is 23.2. The van der Waals surface area contributed by atoms with E-state index in [1.165, 1.54) is 12.8 Å². The van der Waals surface area contributed by atoms with Crippen LogP contribution in [0.5, 0.6) is 0 Å². The third-order valence-corrected chi connectivity index (χ3v) is 4.96. The van der Waals surface area contributed by atoms with Crippen molar-refractivity contribution in [3.8, 4) is 0 Å². The van der Waals surface area contributed by atoms with Crippen molar-refractivity contribution >= 4 is 5.97 Å². The van der Waals surface area contributed by atoms with E-state index >= 15 is 0 Å². The van der Waals surface area contributed by atoms with Gasteiger partial charge in [-0.2, -0.15) is 0 Å². The van der Waals surface area contributed by atoms with Crippen LogP contribution in [0.25, 0.3) is 0 Å². The van der Waals surface area contributed by atoms with Gasteiger partial charge in [-0.25, -0.2) is 4.79 Å². The first-order valence-corrected chi connectivity index (χ1v) is 8.55. The van der Waals surface area contributed by atoms with E-state index in [0.29, 0.717) is 18.6 Å². The van der Waals surface area contributed by atoms with E-state index < -0.39 is 5.54 Å². The molecule has 0 saturated heterocycles. The van der Waals surface area contributed by atoms with Crippen molar-refractivity contribution in [2.75, 3.05) is 20.2 Å². The van der Waals surface area contributed by atoms with Crippen LogP contribution in [0.1, 0.15) is 53.4 Å². The standard InChI is InChI=1S/C17H32N2O2/c1-6-21-16(20)17(15-9-10-15,18-12(2)3)11-19(5)13(4)14-7-8-14/h12-15,18H,6-11H2,1-5H3. The molecule has 0 aromatic rings. The summed E-state index contributed by atoms with van der Waals surface area (Å²) in [7, 11) is 2.15. The van der Waals surface area contributed by atoms with Crippen LogP contribution in [0.15, 0.2) is 0 Å². The third-order valence-electron chi connectivity index (χ3n) is 4.96. The molecule has 0 spiro atoms. The Morgan fingerprint density at radius 2 is 1.90 bits per heavy atom. The zero-order chi connectivity index (χ0) is 15.6. The maximum atomic E-state index is 12.7. The Kier molecular flexibility index (Phi) is 5.31. The molecule has 0 heterocycles. The maximum Gasteiger partial charge on any atom is 0.327 e. The summed E-state index contributed by atoms with van der Waals surface area (Å²) < 4.78 is 5.44. The highest BCUT2D eigenvalue weighted by Crippen LogP contribution is 2.42. The predicted octanol–water partition coefficient (Wildman–Crippen LogP) is 2.43. The van der Waals surface area contributed by atoms with Gasteiger partial charge in [-0.3, -0.25) is 5.32 Å². The second-order valence-corrected chi connectivity index (χ2v) is 7.26. The first kappa shape index (κ1) is 16.8. The van der Waals surface area contributed by atoms with Gasteiger partial charge in [-0.1, -0.05) is 0 Å². The van der Waals surface area contributed by atoms with Crippen LogP contribution in [0.2, 0.25) is 0 Å². The molecule has 1 N–H and O–H groups in total. The summed E-state index contributed by atoms with van der Waals surface area (Å²) in [5, 5.41) is 3.57. The Morgan fingerprint density at radius 3 is 2.33 bits per heavy atom. The summed E-state index contributed by atoms with van der Waals surface area (Å²) in [6, 6.07) is 0.825. The summed E-state index contributed by atoms with van der Waals surface area (Å²) in [4.78, 5) is 15.1. The average molecular weight is 296 g/mol. The number of nitrogens with one attached hydrogen (secondary N) is 1. The first-order chi connectivity index (χ1) is 9.90. The summed E-state index contributed by atoms with van der Waals surface area (Å²) in [6.45, 7) is 9.61. The third kappa shape index (κ3) is 3.98. The van der Waals surface area contributed by atoms with Crippen LogP contribution in [0.3, 0.4) is 0 Å². The van der Waals surface area contributed by atoms with E-state index in [1.807, 2.05) is 6.92 Å². The van der Waals surface area contributed by atoms with E-state index in [-0.39, 0.29) is 12.0 Å². The zero-order valence-electron chi connectivity index (χ0n) is 14.3. The van der Waals surface area contributed by atoms with Crippen molar-refractivity contribution < 1.29 is 9.53 Å². The minimum atomic E-state index is -0.526. The van der Waals surface area contributed by atoms with Crippen LogP contribution in [-0.4, -0.2) is 48.7 Å². The Labute approximate surface area is 129 Å². The molecule has 2 saturated carbocycles. The Morgan fingerprint density at radius 1 is 1.29 bits per heavy atom. The minimum Gasteiger partial charge on any atom is -0.465 e. The van der Waals surface area contributed by atoms with Gasteiger partial charge in [-0.15, -0.1) is 0 Å². The Bertz CT molecular complexity index is 364. The zero-order valence-corrected chi connectivity index (χ0v) is 14.3. The second-order valence-electron chi connectivity index (χ2n) is 7.26. The number of likely N-dealkylation sites (N-methyl/N-ethyl adjacent to an activating group) is 1. The van der Waals surface area contributed by atoms with E-state index in [4.69, 9.17) is 4.74 Å². The minimum absolute atomic E-state index is 0.0592. The van der Waals surface area contributed by atoms with Crippen molar-refractivity contribution in [3.63, 3.8) is 0 Å². The van der Waals surface area contributed by atoms with E-state index in [2.05, 4.69) is 38.0 Å². The van der Waals surface area contributed by atoms with Gasteiger partial charge in [0.15, 0.2) is 0 Å². The summed E-state index contributed by atoms with van der Waals surface area (Å²) >= 11 is 0. The number of hydrogen-bond acceptors (Lipinski definition) is 4. The fourth-order valence-electron chi connectivity index (χ4n) is 3.41. The number of esters is 1. The lowest BCUT2D eigenvalue weighted by Crippen LogP contribution is -2.63. The highest BCUT2D eigenvalue weighted by Gasteiger charge is 2.53. The molecule has 0 radical (unpaired) electrons. The molecule has 0 aromatic heterocycles. The fourth-order valence-corrected chi connectivity index (χ4v) is 3.41. The molecule has 0 aliphatic heterocycles. The number of hydrogen-bond donors (Lipinski definition) is 1. The second kappa shape index (κ2) is 6.66. The average Bonchev–Trinajstić information content (AvgIpc) is 3.29. The van der Waals surface area contributed by atoms with Gasteiger partial charge in [0.05, 0.1) is 6.61 Å². The van der Waals surface area contributed by atoms with Gasteiger partial charge >= 0.3 is 5.97 Å². The molecule has 122 valence electrons. The summed E-state index contributed by atoms with van der Waals surface area (Å²) in [6.07, 6.45) is 4.92. The van der Waals surface area contributed by atoms with Gasteiger partial charge < -0.3 is 9.64 Å². The number of nitrogens with zero attached hydrogens (tertiary/aromatic N) is 1. The number of carbonyl (C=O) groups is 1. The molecule has 21 heavy (non-hydrogen) atoms. The smallest absolute Gasteiger partial charge is 0.327 e. The Balaban J connectivity index is 2.14. The number of rotatable bonds is 9.